The zero-order valence-electron chi connectivity index (χ0n) is 22.5. The van der Waals surface area contributed by atoms with Crippen LogP contribution in [-0.2, 0) is 11.3 Å². The van der Waals surface area contributed by atoms with Gasteiger partial charge in [-0.25, -0.2) is 4.98 Å². The molecule has 7 nitrogen and oxygen atoms in total. The first-order valence-corrected chi connectivity index (χ1v) is 13.7. The van der Waals surface area contributed by atoms with Crippen molar-refractivity contribution in [1.29, 1.82) is 0 Å². The number of carbonyl (C=O) groups excluding carboxylic acids is 1. The van der Waals surface area contributed by atoms with Gasteiger partial charge in [-0.1, -0.05) is 48.5 Å². The molecule has 2 aliphatic rings. The van der Waals surface area contributed by atoms with Crippen LogP contribution in [0.5, 0.6) is 0 Å². The fourth-order valence-corrected chi connectivity index (χ4v) is 5.52. The van der Waals surface area contributed by atoms with E-state index >= 15 is 0 Å². The molecule has 38 heavy (non-hydrogen) atoms. The van der Waals surface area contributed by atoms with Gasteiger partial charge in [-0.3, -0.25) is 9.69 Å². The summed E-state index contributed by atoms with van der Waals surface area (Å²) in [6, 6.07) is 21.4. The minimum absolute atomic E-state index is 0.00800. The number of hydrogen-bond donors (Lipinski definition) is 2. The van der Waals surface area contributed by atoms with Crippen LogP contribution in [0.15, 0.2) is 66.9 Å². The van der Waals surface area contributed by atoms with Gasteiger partial charge < -0.3 is 20.7 Å². The molecule has 1 amide bonds. The molecule has 1 saturated carbocycles. The first-order chi connectivity index (χ1) is 18.5. The van der Waals surface area contributed by atoms with Gasteiger partial charge in [0, 0.05) is 38.4 Å². The molecule has 1 aliphatic carbocycles. The normalized spacial score (nSPS) is 21.3. The number of hydrogen-bond acceptors (Lipinski definition) is 6. The summed E-state index contributed by atoms with van der Waals surface area (Å²) in [5.41, 5.74) is 11.2. The molecular formula is C31H39N5O2. The highest BCUT2D eigenvalue weighted by Gasteiger charge is 2.30. The summed E-state index contributed by atoms with van der Waals surface area (Å²) in [7, 11) is 2.20. The Labute approximate surface area is 226 Å². The average Bonchev–Trinajstić information content (AvgIpc) is 3.39. The molecule has 2 aromatic carbocycles. The summed E-state index contributed by atoms with van der Waals surface area (Å²) >= 11 is 0. The highest BCUT2D eigenvalue weighted by Crippen LogP contribution is 2.27. The largest absolute Gasteiger partial charge is 0.383 e. The number of benzene rings is 2. The number of nitrogens with two attached hydrogens (primary N) is 1. The van der Waals surface area contributed by atoms with Crippen molar-refractivity contribution < 1.29 is 9.53 Å². The van der Waals surface area contributed by atoms with Crippen molar-refractivity contribution in [3.63, 3.8) is 0 Å². The van der Waals surface area contributed by atoms with Gasteiger partial charge in [0.1, 0.15) is 5.82 Å². The number of amides is 1. The summed E-state index contributed by atoms with van der Waals surface area (Å²) < 4.78 is 6.25. The third kappa shape index (κ3) is 6.23. The molecule has 2 fully saturated rings. The maximum absolute atomic E-state index is 12.7. The Hall–Kier alpha value is -3.26. The number of nitrogens with zero attached hydrogens (tertiary/aromatic N) is 3. The van der Waals surface area contributed by atoms with Crippen LogP contribution in [0, 0.1) is 0 Å². The van der Waals surface area contributed by atoms with Crippen LogP contribution in [0.2, 0.25) is 0 Å². The van der Waals surface area contributed by atoms with Gasteiger partial charge in [-0.15, -0.1) is 0 Å². The van der Waals surface area contributed by atoms with E-state index in [0.717, 1.165) is 51.0 Å². The topological polar surface area (TPSA) is 83.7 Å². The van der Waals surface area contributed by atoms with Gasteiger partial charge in [-0.05, 0) is 67.6 Å². The number of aromatic nitrogens is 1. The second-order valence-corrected chi connectivity index (χ2v) is 10.6. The van der Waals surface area contributed by atoms with Crippen molar-refractivity contribution in [2.24, 2.45) is 0 Å². The predicted octanol–water partition coefficient (Wildman–Crippen LogP) is 4.51. The minimum Gasteiger partial charge on any atom is -0.383 e. The fraction of sp³-hybridized carbons (Fsp3) is 0.419. The Morgan fingerprint density at radius 3 is 2.39 bits per heavy atom. The van der Waals surface area contributed by atoms with E-state index in [-0.39, 0.29) is 23.9 Å². The van der Waals surface area contributed by atoms with Gasteiger partial charge in [0.15, 0.2) is 0 Å². The van der Waals surface area contributed by atoms with E-state index in [1.165, 1.54) is 16.7 Å². The molecule has 3 atom stereocenters. The van der Waals surface area contributed by atoms with E-state index in [9.17, 15) is 4.79 Å². The number of carbonyl (C=O) groups is 1. The van der Waals surface area contributed by atoms with E-state index in [1.807, 2.05) is 0 Å². The summed E-state index contributed by atoms with van der Waals surface area (Å²) in [6.45, 7) is 7.34. The number of likely N-dealkylation sites (N-methyl/N-ethyl adjacent to an activating group) is 1. The number of ether oxygens (including phenoxy) is 1. The number of anilines is 1. The van der Waals surface area contributed by atoms with Crippen molar-refractivity contribution in [2.75, 3.05) is 39.0 Å². The second-order valence-electron chi connectivity index (χ2n) is 10.6. The lowest BCUT2D eigenvalue weighted by Crippen LogP contribution is -2.45. The van der Waals surface area contributed by atoms with Gasteiger partial charge in [0.2, 0.25) is 0 Å². The molecule has 0 radical (unpaired) electrons. The second kappa shape index (κ2) is 12.1. The zero-order valence-corrected chi connectivity index (χ0v) is 22.5. The third-order valence-corrected chi connectivity index (χ3v) is 8.08. The maximum Gasteiger partial charge on any atom is 0.255 e. The highest BCUT2D eigenvalue weighted by molar-refractivity contribution is 5.98. The lowest BCUT2D eigenvalue weighted by atomic mass is 9.99. The van der Waals surface area contributed by atoms with Crippen LogP contribution < -0.4 is 11.1 Å². The van der Waals surface area contributed by atoms with Gasteiger partial charge in [0.05, 0.1) is 24.3 Å². The number of rotatable bonds is 8. The highest BCUT2D eigenvalue weighted by atomic mass is 16.5. The van der Waals surface area contributed by atoms with Gasteiger partial charge >= 0.3 is 0 Å². The summed E-state index contributed by atoms with van der Waals surface area (Å²) in [4.78, 5) is 21.7. The molecule has 1 saturated heterocycles. The summed E-state index contributed by atoms with van der Waals surface area (Å²) in [6.07, 6.45) is 4.44. The Morgan fingerprint density at radius 2 is 1.71 bits per heavy atom. The molecule has 0 bridgehead atoms. The minimum atomic E-state index is -0.190. The van der Waals surface area contributed by atoms with Crippen LogP contribution >= 0.6 is 0 Å². The lowest BCUT2D eigenvalue weighted by molar-refractivity contribution is 0.0272. The number of piperazine rings is 1. The van der Waals surface area contributed by atoms with Gasteiger partial charge in [-0.2, -0.15) is 0 Å². The molecular weight excluding hydrogens is 474 g/mol. The van der Waals surface area contributed by atoms with Crippen molar-refractivity contribution in [2.45, 2.75) is 51.0 Å². The van der Waals surface area contributed by atoms with Crippen molar-refractivity contribution in [3.8, 4) is 11.1 Å². The molecule has 5 rings (SSSR count). The molecule has 1 unspecified atom stereocenters. The first-order valence-electron chi connectivity index (χ1n) is 13.7. The maximum atomic E-state index is 12.7. The predicted molar refractivity (Wildman–Crippen MR) is 152 cm³/mol. The third-order valence-electron chi connectivity index (χ3n) is 8.08. The number of pyridine rings is 1. The smallest absolute Gasteiger partial charge is 0.255 e. The molecule has 3 N–H and O–H groups in total. The van der Waals surface area contributed by atoms with Crippen LogP contribution in [0.4, 0.5) is 5.82 Å². The van der Waals surface area contributed by atoms with E-state index in [4.69, 9.17) is 10.5 Å². The SMILES string of the molecule is CC(c1ccc(-c2ccc(CO[C@H]3CCC[C@@H]3NC(=O)c3cccnc3N)cc2)cc1)N1CCN(C)CC1. The fourth-order valence-electron chi connectivity index (χ4n) is 5.52. The van der Waals surface area contributed by atoms with E-state index < -0.39 is 0 Å². The Morgan fingerprint density at radius 1 is 1.03 bits per heavy atom. The Kier molecular flexibility index (Phi) is 8.37. The Bertz CT molecular complexity index is 1210. The monoisotopic (exact) mass is 513 g/mol. The average molecular weight is 514 g/mol. The molecule has 3 aromatic rings. The van der Waals surface area contributed by atoms with Crippen LogP contribution in [0.25, 0.3) is 11.1 Å². The van der Waals surface area contributed by atoms with Crippen molar-refractivity contribution in [1.82, 2.24) is 20.1 Å². The zero-order chi connectivity index (χ0) is 26.5. The molecule has 200 valence electrons. The van der Waals surface area contributed by atoms with Crippen LogP contribution in [0.3, 0.4) is 0 Å². The molecule has 7 heteroatoms. The Balaban J connectivity index is 1.14. The molecule has 1 aromatic heterocycles. The van der Waals surface area contributed by atoms with Gasteiger partial charge in [0.25, 0.3) is 5.91 Å². The molecule has 2 heterocycles. The first kappa shape index (κ1) is 26.4. The lowest BCUT2D eigenvalue weighted by Gasteiger charge is -2.36. The number of nitrogens with one attached hydrogen (secondary N) is 1. The number of nitrogen functional groups attached to an aromatic ring is 1. The van der Waals surface area contributed by atoms with Crippen molar-refractivity contribution >= 4 is 11.7 Å². The van der Waals surface area contributed by atoms with E-state index in [2.05, 4.69) is 82.6 Å². The standard InChI is InChI=1S/C31H39N5O2/c1-22(36-19-17-35(2)18-20-36)24-12-14-26(15-13-24)25-10-8-23(9-11-25)21-38-29-7-3-6-28(29)34-31(37)27-5-4-16-33-30(27)32/h4-5,8-16,22,28-29H,3,6-7,17-21H2,1-2H3,(H2,32,33)(H,34,37)/t22?,28-,29-/m0/s1. The van der Waals surface area contributed by atoms with Crippen LogP contribution in [0.1, 0.15) is 53.7 Å². The van der Waals surface area contributed by atoms with E-state index in [0.29, 0.717) is 18.2 Å². The van der Waals surface area contributed by atoms with Crippen molar-refractivity contribution in [3.05, 3.63) is 83.6 Å². The van der Waals surface area contributed by atoms with Crippen LogP contribution in [-0.4, -0.2) is 66.1 Å². The summed E-state index contributed by atoms with van der Waals surface area (Å²) in [5.74, 6) is 0.0594. The molecule has 1 aliphatic heterocycles. The molecule has 0 spiro atoms. The summed E-state index contributed by atoms with van der Waals surface area (Å²) in [5, 5.41) is 3.10. The quantitative estimate of drug-likeness (QED) is 0.461. The van der Waals surface area contributed by atoms with E-state index in [1.54, 1.807) is 18.3 Å².